The van der Waals surface area contributed by atoms with Crippen LogP contribution < -0.4 is 5.32 Å². The second-order valence-electron chi connectivity index (χ2n) is 6.79. The van der Waals surface area contributed by atoms with E-state index >= 15 is 0 Å². The molecule has 1 aromatic carbocycles. The number of carbonyl (C=O) groups is 1. The summed E-state index contributed by atoms with van der Waals surface area (Å²) in [6.07, 6.45) is 2.74. The molecule has 2 fully saturated rings. The zero-order valence-electron chi connectivity index (χ0n) is 13.4. The molecular formula is C18H24N2OS2. The molecule has 0 unspecified atom stereocenters. The van der Waals surface area contributed by atoms with Crippen LogP contribution in [0.15, 0.2) is 24.3 Å². The van der Waals surface area contributed by atoms with Crippen LogP contribution in [0.1, 0.15) is 17.5 Å². The first-order valence-electron chi connectivity index (χ1n) is 8.57. The van der Waals surface area contributed by atoms with Crippen molar-refractivity contribution in [3.05, 3.63) is 35.4 Å². The molecule has 1 amide bonds. The lowest BCUT2D eigenvalue weighted by Crippen LogP contribution is -2.44. The summed E-state index contributed by atoms with van der Waals surface area (Å²) in [7, 11) is 0. The third-order valence-electron chi connectivity index (χ3n) is 5.11. The van der Waals surface area contributed by atoms with E-state index in [-0.39, 0.29) is 0 Å². The highest BCUT2D eigenvalue weighted by molar-refractivity contribution is 8.03. The van der Waals surface area contributed by atoms with E-state index < -0.39 is 0 Å². The standard InChI is InChI=1S/C18H24N2OS2/c21-18-9-15(19-16-11-22-5-6-23-12-16)10-20(18)17-7-13-3-1-2-4-14(13)8-17/h1-4,15-17,19H,5-12H2/t15-/m1/s1. The number of likely N-dealkylation sites (tertiary alicyclic amines) is 1. The largest absolute Gasteiger partial charge is 0.337 e. The summed E-state index contributed by atoms with van der Waals surface area (Å²) in [5.74, 6) is 5.24. The minimum Gasteiger partial charge on any atom is -0.337 e. The fourth-order valence-corrected chi connectivity index (χ4v) is 6.42. The molecule has 0 saturated carbocycles. The van der Waals surface area contributed by atoms with Gasteiger partial charge in [-0.2, -0.15) is 23.5 Å². The summed E-state index contributed by atoms with van der Waals surface area (Å²) < 4.78 is 0. The van der Waals surface area contributed by atoms with Crippen LogP contribution in [0.2, 0.25) is 0 Å². The summed E-state index contributed by atoms with van der Waals surface area (Å²) in [4.78, 5) is 14.7. The van der Waals surface area contributed by atoms with Gasteiger partial charge in [-0.3, -0.25) is 4.79 Å². The lowest BCUT2D eigenvalue weighted by Gasteiger charge is -2.25. The van der Waals surface area contributed by atoms with E-state index in [9.17, 15) is 4.79 Å². The summed E-state index contributed by atoms with van der Waals surface area (Å²) in [6, 6.07) is 9.93. The van der Waals surface area contributed by atoms with Crippen molar-refractivity contribution in [2.24, 2.45) is 0 Å². The molecule has 1 aliphatic carbocycles. The van der Waals surface area contributed by atoms with Gasteiger partial charge in [-0.1, -0.05) is 24.3 Å². The second-order valence-corrected chi connectivity index (χ2v) is 9.09. The highest BCUT2D eigenvalue weighted by Crippen LogP contribution is 2.28. The number of amides is 1. The molecule has 1 atom stereocenters. The molecule has 0 spiro atoms. The normalized spacial score (nSPS) is 26.5. The number of hydrogen-bond acceptors (Lipinski definition) is 4. The quantitative estimate of drug-likeness (QED) is 0.908. The molecule has 1 N–H and O–H groups in total. The maximum absolute atomic E-state index is 12.5. The number of nitrogens with one attached hydrogen (secondary N) is 1. The van der Waals surface area contributed by atoms with Gasteiger partial charge in [0.1, 0.15) is 0 Å². The molecule has 0 radical (unpaired) electrons. The fraction of sp³-hybridized carbons (Fsp3) is 0.611. The maximum atomic E-state index is 12.5. The minimum absolute atomic E-state index is 0.342. The van der Waals surface area contributed by atoms with Gasteiger partial charge in [0, 0.05) is 54.1 Å². The molecule has 2 heterocycles. The van der Waals surface area contributed by atoms with Crippen LogP contribution in [0.4, 0.5) is 0 Å². The maximum Gasteiger partial charge on any atom is 0.224 e. The summed E-state index contributed by atoms with van der Waals surface area (Å²) in [6.45, 7) is 0.892. The van der Waals surface area contributed by atoms with E-state index in [2.05, 4.69) is 34.5 Å². The molecule has 0 aromatic heterocycles. The molecule has 1 aromatic rings. The van der Waals surface area contributed by atoms with Gasteiger partial charge in [0.05, 0.1) is 0 Å². The van der Waals surface area contributed by atoms with E-state index in [4.69, 9.17) is 0 Å². The number of carbonyl (C=O) groups excluding carboxylic acids is 1. The monoisotopic (exact) mass is 348 g/mol. The molecule has 5 heteroatoms. The highest BCUT2D eigenvalue weighted by atomic mass is 32.2. The molecule has 124 valence electrons. The van der Waals surface area contributed by atoms with Crippen molar-refractivity contribution in [3.63, 3.8) is 0 Å². The van der Waals surface area contributed by atoms with E-state index in [0.717, 1.165) is 19.4 Å². The fourth-order valence-electron chi connectivity index (χ4n) is 4.00. The molecular weight excluding hydrogens is 324 g/mol. The Balaban J connectivity index is 1.36. The summed E-state index contributed by atoms with van der Waals surface area (Å²) in [5, 5.41) is 3.76. The van der Waals surface area contributed by atoms with Crippen LogP contribution in [-0.2, 0) is 17.6 Å². The minimum atomic E-state index is 0.342. The van der Waals surface area contributed by atoms with Crippen LogP contribution in [0.3, 0.4) is 0 Å². The van der Waals surface area contributed by atoms with Gasteiger partial charge in [0.2, 0.25) is 5.91 Å². The van der Waals surface area contributed by atoms with E-state index in [0.29, 0.717) is 30.5 Å². The number of hydrogen-bond donors (Lipinski definition) is 1. The van der Waals surface area contributed by atoms with Gasteiger partial charge in [-0.05, 0) is 24.0 Å². The highest BCUT2D eigenvalue weighted by Gasteiger charge is 2.37. The van der Waals surface area contributed by atoms with Crippen molar-refractivity contribution < 1.29 is 4.79 Å². The Morgan fingerprint density at radius 2 is 1.61 bits per heavy atom. The smallest absolute Gasteiger partial charge is 0.224 e. The van der Waals surface area contributed by atoms with E-state index in [1.807, 2.05) is 23.5 Å². The predicted octanol–water partition coefficient (Wildman–Crippen LogP) is 2.19. The summed E-state index contributed by atoms with van der Waals surface area (Å²) >= 11 is 4.09. The first-order chi connectivity index (χ1) is 11.3. The average molecular weight is 349 g/mol. The average Bonchev–Trinajstić information content (AvgIpc) is 3.03. The Labute approximate surface area is 147 Å². The van der Waals surface area contributed by atoms with Crippen molar-refractivity contribution in [2.75, 3.05) is 29.6 Å². The SMILES string of the molecule is O=C1C[C@@H](NC2CSCCSC2)CN1C1Cc2ccccc2C1. The summed E-state index contributed by atoms with van der Waals surface area (Å²) in [5.41, 5.74) is 2.86. The first-order valence-corrected chi connectivity index (χ1v) is 10.9. The molecule has 2 aliphatic heterocycles. The molecule has 0 bridgehead atoms. The lowest BCUT2D eigenvalue weighted by molar-refractivity contribution is -0.129. The third-order valence-corrected chi connectivity index (χ3v) is 7.63. The van der Waals surface area contributed by atoms with Gasteiger partial charge in [-0.15, -0.1) is 0 Å². The first kappa shape index (κ1) is 15.9. The third kappa shape index (κ3) is 3.57. The second kappa shape index (κ2) is 7.08. The van der Waals surface area contributed by atoms with Gasteiger partial charge >= 0.3 is 0 Å². The Morgan fingerprint density at radius 3 is 2.26 bits per heavy atom. The van der Waals surface area contributed by atoms with Crippen LogP contribution in [0, 0.1) is 0 Å². The van der Waals surface area contributed by atoms with Crippen molar-refractivity contribution >= 4 is 29.4 Å². The Morgan fingerprint density at radius 1 is 0.957 bits per heavy atom. The van der Waals surface area contributed by atoms with Gasteiger partial charge in [0.25, 0.3) is 0 Å². The number of rotatable bonds is 3. The number of benzene rings is 1. The number of fused-ring (bicyclic) bond motifs is 1. The molecule has 2 saturated heterocycles. The van der Waals surface area contributed by atoms with Crippen LogP contribution in [0.25, 0.3) is 0 Å². The van der Waals surface area contributed by atoms with Crippen molar-refractivity contribution in [1.29, 1.82) is 0 Å². The van der Waals surface area contributed by atoms with Crippen LogP contribution in [0.5, 0.6) is 0 Å². The Kier molecular flexibility index (Phi) is 4.88. The van der Waals surface area contributed by atoms with Crippen molar-refractivity contribution in [1.82, 2.24) is 10.2 Å². The predicted molar refractivity (Wildman–Crippen MR) is 99.3 cm³/mol. The Bertz CT molecular complexity index is 547. The zero-order valence-corrected chi connectivity index (χ0v) is 15.0. The molecule has 4 rings (SSSR count). The number of thioether (sulfide) groups is 2. The molecule has 3 aliphatic rings. The van der Waals surface area contributed by atoms with E-state index in [1.54, 1.807) is 0 Å². The van der Waals surface area contributed by atoms with Crippen LogP contribution in [-0.4, -0.2) is 58.5 Å². The van der Waals surface area contributed by atoms with Gasteiger partial charge < -0.3 is 10.2 Å². The van der Waals surface area contributed by atoms with E-state index in [1.165, 1.54) is 34.1 Å². The van der Waals surface area contributed by atoms with Crippen molar-refractivity contribution in [3.8, 4) is 0 Å². The topological polar surface area (TPSA) is 32.3 Å². The van der Waals surface area contributed by atoms with Gasteiger partial charge in [0.15, 0.2) is 0 Å². The number of nitrogens with zero attached hydrogens (tertiary/aromatic N) is 1. The van der Waals surface area contributed by atoms with Gasteiger partial charge in [-0.25, -0.2) is 0 Å². The lowest BCUT2D eigenvalue weighted by atomic mass is 10.1. The Hall–Kier alpha value is -0.650. The van der Waals surface area contributed by atoms with Crippen molar-refractivity contribution in [2.45, 2.75) is 37.4 Å². The zero-order chi connectivity index (χ0) is 15.6. The molecule has 23 heavy (non-hydrogen) atoms. The van der Waals surface area contributed by atoms with Crippen LogP contribution >= 0.6 is 23.5 Å². The molecule has 3 nitrogen and oxygen atoms in total.